The zero-order chi connectivity index (χ0) is 30.7. The highest BCUT2D eigenvalue weighted by atomic mass is 32.2. The van der Waals surface area contributed by atoms with Crippen molar-refractivity contribution in [3.05, 3.63) is 48.4 Å². The Hall–Kier alpha value is -3.66. The highest BCUT2D eigenvalue weighted by Gasteiger charge is 2.50. The van der Waals surface area contributed by atoms with E-state index in [9.17, 15) is 18.8 Å². The highest BCUT2D eigenvalue weighted by Crippen LogP contribution is 2.44. The van der Waals surface area contributed by atoms with Crippen molar-refractivity contribution >= 4 is 45.7 Å². The fourth-order valence-electron chi connectivity index (χ4n) is 4.72. The molecule has 43 heavy (non-hydrogen) atoms. The molecule has 0 radical (unpaired) electrons. The Kier molecular flexibility index (Phi) is 11.8. The van der Waals surface area contributed by atoms with Gasteiger partial charge >= 0.3 is 0 Å². The van der Waals surface area contributed by atoms with E-state index in [1.807, 2.05) is 0 Å². The molecule has 0 spiro atoms. The molecule has 3 aromatic rings. The van der Waals surface area contributed by atoms with Crippen LogP contribution in [0.3, 0.4) is 0 Å². The minimum absolute atomic E-state index is 0.0201. The summed E-state index contributed by atoms with van der Waals surface area (Å²) in [6, 6.07) is 9.34. The van der Waals surface area contributed by atoms with Crippen LogP contribution in [0, 0.1) is 11.2 Å². The Bertz CT molecular complexity index is 1430. The SMILES string of the molecule is COc1cc2c(Oc3ccc(NC(=O)C4(C=O)CC4)cc3F)ccnc2cc1OCCCCCCCCCCSC(C)=O. The van der Waals surface area contributed by atoms with Crippen molar-refractivity contribution in [1.82, 2.24) is 4.98 Å². The first-order valence-corrected chi connectivity index (χ1v) is 15.8. The number of amides is 1. The molecule has 1 heterocycles. The number of thioether (sulfide) groups is 1. The fourth-order valence-corrected chi connectivity index (χ4v) is 5.36. The maximum Gasteiger partial charge on any atom is 0.237 e. The van der Waals surface area contributed by atoms with Crippen molar-refractivity contribution in [3.63, 3.8) is 0 Å². The minimum Gasteiger partial charge on any atom is -0.493 e. The zero-order valence-electron chi connectivity index (χ0n) is 24.8. The minimum atomic E-state index is -0.985. The molecule has 2 aromatic carbocycles. The predicted molar refractivity (Wildman–Crippen MR) is 167 cm³/mol. The van der Waals surface area contributed by atoms with Crippen LogP contribution >= 0.6 is 11.8 Å². The molecule has 1 N–H and O–H groups in total. The molecule has 4 rings (SSSR count). The van der Waals surface area contributed by atoms with Gasteiger partial charge in [0.05, 0.1) is 19.2 Å². The van der Waals surface area contributed by atoms with Crippen molar-refractivity contribution < 1.29 is 33.0 Å². The van der Waals surface area contributed by atoms with Gasteiger partial charge < -0.3 is 24.3 Å². The molecular formula is C33H39FN2O6S. The first-order valence-electron chi connectivity index (χ1n) is 14.8. The van der Waals surface area contributed by atoms with E-state index >= 15 is 0 Å². The summed E-state index contributed by atoms with van der Waals surface area (Å²) in [7, 11) is 1.56. The van der Waals surface area contributed by atoms with Gasteiger partial charge in [0.15, 0.2) is 28.2 Å². The molecule has 0 aliphatic heterocycles. The number of hydrogen-bond donors (Lipinski definition) is 1. The number of benzene rings is 2. The van der Waals surface area contributed by atoms with Gasteiger partial charge in [-0.1, -0.05) is 50.3 Å². The second kappa shape index (κ2) is 15.7. The van der Waals surface area contributed by atoms with Crippen LogP contribution in [-0.2, 0) is 14.4 Å². The van der Waals surface area contributed by atoms with Crippen molar-refractivity contribution in [2.45, 2.75) is 71.1 Å². The van der Waals surface area contributed by atoms with Gasteiger partial charge in [-0.25, -0.2) is 4.39 Å². The van der Waals surface area contributed by atoms with Crippen LogP contribution in [0.15, 0.2) is 42.6 Å². The second-order valence-corrected chi connectivity index (χ2v) is 12.1. The number of hydrogen-bond acceptors (Lipinski definition) is 8. The van der Waals surface area contributed by atoms with Crippen molar-refractivity contribution in [2.24, 2.45) is 5.41 Å². The molecule has 1 aromatic heterocycles. The Morgan fingerprint density at radius 2 is 1.67 bits per heavy atom. The van der Waals surface area contributed by atoms with Gasteiger partial charge in [-0.2, -0.15) is 0 Å². The number of methoxy groups -OCH3 is 1. The van der Waals surface area contributed by atoms with Gasteiger partial charge in [-0.3, -0.25) is 14.6 Å². The van der Waals surface area contributed by atoms with Gasteiger partial charge in [-0.15, -0.1) is 0 Å². The van der Waals surface area contributed by atoms with Crippen LogP contribution in [0.5, 0.6) is 23.0 Å². The Morgan fingerprint density at radius 3 is 2.33 bits per heavy atom. The third-order valence-electron chi connectivity index (χ3n) is 7.46. The predicted octanol–water partition coefficient (Wildman–Crippen LogP) is 7.87. The number of ether oxygens (including phenoxy) is 3. The molecule has 1 aliphatic carbocycles. The molecule has 1 amide bonds. The maximum atomic E-state index is 14.9. The number of nitrogens with zero attached hydrogens (tertiary/aromatic N) is 1. The third-order valence-corrected chi connectivity index (χ3v) is 8.36. The fraction of sp³-hybridized carbons (Fsp3) is 0.455. The summed E-state index contributed by atoms with van der Waals surface area (Å²) in [6.45, 7) is 2.18. The van der Waals surface area contributed by atoms with Crippen LogP contribution in [0.2, 0.25) is 0 Å². The highest BCUT2D eigenvalue weighted by molar-refractivity contribution is 8.13. The Labute approximate surface area is 256 Å². The molecule has 8 nitrogen and oxygen atoms in total. The molecular weight excluding hydrogens is 571 g/mol. The van der Waals surface area contributed by atoms with Crippen LogP contribution in [0.1, 0.15) is 71.1 Å². The van der Waals surface area contributed by atoms with Gasteiger partial charge in [-0.05, 0) is 49.9 Å². The van der Waals surface area contributed by atoms with Gasteiger partial charge in [0.2, 0.25) is 5.91 Å². The molecule has 10 heteroatoms. The summed E-state index contributed by atoms with van der Waals surface area (Å²) < 4.78 is 32.4. The van der Waals surface area contributed by atoms with Crippen LogP contribution < -0.4 is 19.5 Å². The maximum absolute atomic E-state index is 14.9. The lowest BCUT2D eigenvalue weighted by molar-refractivity contribution is -0.126. The summed E-state index contributed by atoms with van der Waals surface area (Å²) in [5, 5.41) is 3.43. The first-order chi connectivity index (χ1) is 20.8. The molecule has 1 fully saturated rings. The van der Waals surface area contributed by atoms with E-state index in [1.165, 1.54) is 55.6 Å². The van der Waals surface area contributed by atoms with E-state index in [0.717, 1.165) is 31.4 Å². The van der Waals surface area contributed by atoms with Crippen LogP contribution in [-0.4, -0.2) is 41.8 Å². The number of halogens is 1. The van der Waals surface area contributed by atoms with E-state index in [0.29, 0.717) is 53.9 Å². The first kappa shape index (κ1) is 32.3. The summed E-state index contributed by atoms with van der Waals surface area (Å²) in [6.07, 6.45) is 12.3. The smallest absolute Gasteiger partial charge is 0.237 e. The van der Waals surface area contributed by atoms with Crippen molar-refractivity contribution in [2.75, 3.05) is 24.8 Å². The Balaban J connectivity index is 1.28. The van der Waals surface area contributed by atoms with E-state index < -0.39 is 17.1 Å². The summed E-state index contributed by atoms with van der Waals surface area (Å²) >= 11 is 1.41. The molecule has 1 aliphatic rings. The molecule has 0 bridgehead atoms. The normalized spacial score (nSPS) is 13.4. The largest absolute Gasteiger partial charge is 0.493 e. The van der Waals surface area contributed by atoms with Crippen molar-refractivity contribution in [1.29, 1.82) is 0 Å². The molecule has 0 unspecified atom stereocenters. The second-order valence-electron chi connectivity index (χ2n) is 10.8. The molecule has 230 valence electrons. The van der Waals surface area contributed by atoms with Gasteiger partial charge in [0.25, 0.3) is 0 Å². The number of pyridine rings is 1. The number of nitrogens with one attached hydrogen (secondary N) is 1. The number of carbonyl (C=O) groups excluding carboxylic acids is 3. The van der Waals surface area contributed by atoms with E-state index in [2.05, 4.69) is 10.3 Å². The van der Waals surface area contributed by atoms with Gasteiger partial charge in [0, 0.05) is 42.1 Å². The third kappa shape index (κ3) is 9.16. The number of fused-ring (bicyclic) bond motifs is 1. The number of aromatic nitrogens is 1. The van der Waals surface area contributed by atoms with E-state index in [4.69, 9.17) is 14.2 Å². The number of aldehydes is 1. The Morgan fingerprint density at radius 1 is 0.953 bits per heavy atom. The average molecular weight is 611 g/mol. The molecule has 0 saturated heterocycles. The molecule has 1 saturated carbocycles. The van der Waals surface area contributed by atoms with E-state index in [-0.39, 0.29) is 16.6 Å². The number of rotatable bonds is 18. The van der Waals surface area contributed by atoms with Crippen molar-refractivity contribution in [3.8, 4) is 23.0 Å². The number of unbranched alkanes of at least 4 members (excludes halogenated alkanes) is 7. The summed E-state index contributed by atoms with van der Waals surface area (Å²) in [5.74, 6) is 1.32. The monoisotopic (exact) mass is 610 g/mol. The number of carbonyl (C=O) groups is 3. The lowest BCUT2D eigenvalue weighted by atomic mass is 10.1. The average Bonchev–Trinajstić information content (AvgIpc) is 3.80. The van der Waals surface area contributed by atoms with Crippen LogP contribution in [0.4, 0.5) is 10.1 Å². The summed E-state index contributed by atoms with van der Waals surface area (Å²) in [4.78, 5) is 38.9. The lowest BCUT2D eigenvalue weighted by Crippen LogP contribution is -2.25. The zero-order valence-corrected chi connectivity index (χ0v) is 25.6. The lowest BCUT2D eigenvalue weighted by Gasteiger charge is -2.15. The quantitative estimate of drug-likeness (QED) is 0.0882. The standard InChI is InChI=1S/C33H39FN2O6S/c1-23(38)43-18-10-8-6-4-3-5-7-9-17-41-31-21-27-25(20-30(31)40-2)28(13-16-35-27)42-29-12-11-24(19-26(29)34)36-32(39)33(22-37)14-15-33/h11-13,16,19-22H,3-10,14-15,17-18H2,1-2H3,(H,36,39). The molecule has 0 atom stereocenters. The van der Waals surface area contributed by atoms with Crippen LogP contribution in [0.25, 0.3) is 10.9 Å². The topological polar surface area (TPSA) is 104 Å². The van der Waals surface area contributed by atoms with E-state index in [1.54, 1.807) is 38.4 Å². The number of anilines is 1. The summed E-state index contributed by atoms with van der Waals surface area (Å²) in [5.41, 5.74) is -0.118. The van der Waals surface area contributed by atoms with Gasteiger partial charge in [0.1, 0.15) is 17.5 Å².